The van der Waals surface area contributed by atoms with E-state index < -0.39 is 11.7 Å². The van der Waals surface area contributed by atoms with Crippen molar-refractivity contribution in [2.75, 3.05) is 13.1 Å². The van der Waals surface area contributed by atoms with Gasteiger partial charge in [0.1, 0.15) is 0 Å². The highest BCUT2D eigenvalue weighted by molar-refractivity contribution is 5.26. The van der Waals surface area contributed by atoms with Gasteiger partial charge in [0, 0.05) is 6.54 Å². The van der Waals surface area contributed by atoms with Crippen molar-refractivity contribution in [2.24, 2.45) is 11.3 Å². The first-order chi connectivity index (χ1) is 9.81. The summed E-state index contributed by atoms with van der Waals surface area (Å²) in [7, 11) is 0. The molecule has 0 atom stereocenters. The maximum atomic E-state index is 12.6. The fraction of sp³-hybridized carbons (Fsp3) is 0.647. The molecule has 1 aliphatic rings. The van der Waals surface area contributed by atoms with Crippen molar-refractivity contribution in [2.45, 2.75) is 45.7 Å². The number of hydrogen-bond acceptors (Lipinski definition) is 1. The zero-order valence-electron chi connectivity index (χ0n) is 12.8. The van der Waals surface area contributed by atoms with Crippen molar-refractivity contribution in [1.82, 2.24) is 5.32 Å². The Morgan fingerprint density at radius 1 is 1.14 bits per heavy atom. The van der Waals surface area contributed by atoms with E-state index in [2.05, 4.69) is 19.2 Å². The summed E-state index contributed by atoms with van der Waals surface area (Å²) in [6, 6.07) is 5.66. The van der Waals surface area contributed by atoms with E-state index in [0.717, 1.165) is 25.1 Å². The maximum Gasteiger partial charge on any atom is 0.416 e. The minimum atomic E-state index is -4.24. The van der Waals surface area contributed by atoms with Crippen LogP contribution < -0.4 is 5.32 Å². The first kappa shape index (κ1) is 16.3. The average Bonchev–Trinajstić information content (AvgIpc) is 2.34. The highest BCUT2D eigenvalue weighted by Gasteiger charge is 2.37. The van der Waals surface area contributed by atoms with Gasteiger partial charge < -0.3 is 5.32 Å². The van der Waals surface area contributed by atoms with Crippen LogP contribution in [0.4, 0.5) is 13.2 Å². The summed E-state index contributed by atoms with van der Waals surface area (Å²) in [5.74, 6) is 0.619. The van der Waals surface area contributed by atoms with E-state index in [9.17, 15) is 13.2 Å². The molecule has 1 nitrogen and oxygen atoms in total. The van der Waals surface area contributed by atoms with Crippen molar-refractivity contribution >= 4 is 0 Å². The molecule has 21 heavy (non-hydrogen) atoms. The highest BCUT2D eigenvalue weighted by Crippen LogP contribution is 2.43. The molecule has 0 radical (unpaired) electrons. The lowest BCUT2D eigenvalue weighted by Gasteiger charge is -2.42. The molecule has 2 rings (SSSR count). The summed E-state index contributed by atoms with van der Waals surface area (Å²) in [5, 5.41) is 3.50. The largest absolute Gasteiger partial charge is 0.416 e. The van der Waals surface area contributed by atoms with Crippen LogP contribution in [0.15, 0.2) is 24.3 Å². The maximum absolute atomic E-state index is 12.6. The molecule has 1 saturated carbocycles. The van der Waals surface area contributed by atoms with Gasteiger partial charge in [0.15, 0.2) is 0 Å². The number of rotatable bonds is 6. The summed E-state index contributed by atoms with van der Waals surface area (Å²) >= 11 is 0. The first-order valence-electron chi connectivity index (χ1n) is 7.68. The van der Waals surface area contributed by atoms with Gasteiger partial charge in [0.25, 0.3) is 0 Å². The molecule has 1 aliphatic carbocycles. The molecule has 0 saturated heterocycles. The molecule has 1 N–H and O–H groups in total. The Kier molecular flexibility index (Phi) is 4.97. The van der Waals surface area contributed by atoms with Crippen molar-refractivity contribution in [3.63, 3.8) is 0 Å². The lowest BCUT2D eigenvalue weighted by Crippen LogP contribution is -2.42. The van der Waals surface area contributed by atoms with E-state index in [1.165, 1.54) is 31.4 Å². The normalized spacial score (nSPS) is 17.8. The fourth-order valence-corrected chi connectivity index (χ4v) is 2.96. The fourth-order valence-electron chi connectivity index (χ4n) is 2.96. The van der Waals surface area contributed by atoms with Crippen LogP contribution in [0.5, 0.6) is 0 Å². The van der Waals surface area contributed by atoms with Crippen LogP contribution in [0.25, 0.3) is 0 Å². The van der Waals surface area contributed by atoms with Gasteiger partial charge in [-0.15, -0.1) is 0 Å². The van der Waals surface area contributed by atoms with Gasteiger partial charge in [-0.05, 0) is 54.8 Å². The summed E-state index contributed by atoms with van der Waals surface area (Å²) in [6.45, 7) is 6.31. The standard InChI is InChI=1S/C17H24F3N/c1-13(2)11-21-12-16(8-3-9-16)10-14-4-6-15(7-5-14)17(18,19)20/h4-7,13,21H,3,8-12H2,1-2H3. The summed E-state index contributed by atoms with van der Waals surface area (Å²) in [5.41, 5.74) is 0.690. The van der Waals surface area contributed by atoms with Gasteiger partial charge in [0.05, 0.1) is 5.56 Å². The van der Waals surface area contributed by atoms with Crippen molar-refractivity contribution in [3.05, 3.63) is 35.4 Å². The highest BCUT2D eigenvalue weighted by atomic mass is 19.4. The third kappa shape index (κ3) is 4.47. The van der Waals surface area contributed by atoms with Crippen molar-refractivity contribution < 1.29 is 13.2 Å². The van der Waals surface area contributed by atoms with Gasteiger partial charge in [-0.25, -0.2) is 0 Å². The number of benzene rings is 1. The molecule has 1 fully saturated rings. The van der Waals surface area contributed by atoms with Gasteiger partial charge >= 0.3 is 6.18 Å². The summed E-state index contributed by atoms with van der Waals surface area (Å²) in [6.07, 6.45) is 0.184. The molecular weight excluding hydrogens is 275 g/mol. The zero-order valence-corrected chi connectivity index (χ0v) is 12.8. The van der Waals surface area contributed by atoms with E-state index >= 15 is 0 Å². The Morgan fingerprint density at radius 2 is 1.76 bits per heavy atom. The third-order valence-electron chi connectivity index (χ3n) is 4.33. The molecule has 0 spiro atoms. The smallest absolute Gasteiger partial charge is 0.316 e. The zero-order chi connectivity index (χ0) is 15.5. The third-order valence-corrected chi connectivity index (χ3v) is 4.33. The Hall–Kier alpha value is -1.03. The van der Waals surface area contributed by atoms with E-state index in [0.29, 0.717) is 5.92 Å². The molecule has 4 heteroatoms. The first-order valence-corrected chi connectivity index (χ1v) is 7.68. The molecule has 0 unspecified atom stereocenters. The second kappa shape index (κ2) is 6.39. The minimum Gasteiger partial charge on any atom is -0.316 e. The van der Waals surface area contributed by atoms with Crippen molar-refractivity contribution in [3.8, 4) is 0 Å². The van der Waals surface area contributed by atoms with E-state index in [4.69, 9.17) is 0 Å². The van der Waals surface area contributed by atoms with Crippen LogP contribution in [-0.2, 0) is 12.6 Å². The van der Waals surface area contributed by atoms with Gasteiger partial charge in [-0.1, -0.05) is 32.4 Å². The second-order valence-corrected chi connectivity index (χ2v) is 6.75. The Morgan fingerprint density at radius 3 is 2.19 bits per heavy atom. The van der Waals surface area contributed by atoms with Crippen LogP contribution >= 0.6 is 0 Å². The summed E-state index contributed by atoms with van der Waals surface area (Å²) in [4.78, 5) is 0. The van der Waals surface area contributed by atoms with E-state index in [1.54, 1.807) is 12.1 Å². The van der Waals surface area contributed by atoms with Crippen LogP contribution in [-0.4, -0.2) is 13.1 Å². The number of nitrogens with one attached hydrogen (secondary N) is 1. The molecule has 1 aromatic rings. The second-order valence-electron chi connectivity index (χ2n) is 6.75. The topological polar surface area (TPSA) is 12.0 Å². The van der Waals surface area contributed by atoms with Gasteiger partial charge in [-0.2, -0.15) is 13.2 Å². The molecule has 0 bridgehead atoms. The Balaban J connectivity index is 1.95. The van der Waals surface area contributed by atoms with E-state index in [-0.39, 0.29) is 5.41 Å². The molecule has 0 amide bonds. The monoisotopic (exact) mass is 299 g/mol. The molecule has 1 aromatic carbocycles. The van der Waals surface area contributed by atoms with E-state index in [1.807, 2.05) is 0 Å². The SMILES string of the molecule is CC(C)CNCC1(Cc2ccc(C(F)(F)F)cc2)CCC1. The predicted molar refractivity (Wildman–Crippen MR) is 79.1 cm³/mol. The number of alkyl halides is 3. The predicted octanol–water partition coefficient (Wildman–Crippen LogP) is 4.66. The average molecular weight is 299 g/mol. The Bertz CT molecular complexity index is 444. The lowest BCUT2D eigenvalue weighted by molar-refractivity contribution is -0.137. The van der Waals surface area contributed by atoms with Gasteiger partial charge in [-0.3, -0.25) is 0 Å². The van der Waals surface area contributed by atoms with Crippen LogP contribution in [0.3, 0.4) is 0 Å². The minimum absolute atomic E-state index is 0.245. The van der Waals surface area contributed by atoms with Crippen LogP contribution in [0, 0.1) is 11.3 Å². The van der Waals surface area contributed by atoms with Crippen molar-refractivity contribution in [1.29, 1.82) is 0 Å². The summed E-state index contributed by atoms with van der Waals surface area (Å²) < 4.78 is 37.7. The molecule has 118 valence electrons. The molecule has 0 aromatic heterocycles. The molecular formula is C17H24F3N. The van der Waals surface area contributed by atoms with Crippen LogP contribution in [0.1, 0.15) is 44.2 Å². The van der Waals surface area contributed by atoms with Crippen LogP contribution in [0.2, 0.25) is 0 Å². The quantitative estimate of drug-likeness (QED) is 0.805. The number of hydrogen-bond donors (Lipinski definition) is 1. The number of halogens is 3. The van der Waals surface area contributed by atoms with Gasteiger partial charge in [0.2, 0.25) is 0 Å². The molecule has 0 heterocycles. The molecule has 0 aliphatic heterocycles. The Labute approximate surface area is 124 Å². The lowest BCUT2D eigenvalue weighted by atomic mass is 9.65.